The third kappa shape index (κ3) is 3.52. The fourth-order valence-corrected chi connectivity index (χ4v) is 2.44. The van der Waals surface area contributed by atoms with Gasteiger partial charge in [-0.1, -0.05) is 54.7 Å². The van der Waals surface area contributed by atoms with E-state index in [2.05, 4.69) is 61.2 Å². The first-order valence-corrected chi connectivity index (χ1v) is 6.97. The maximum atomic E-state index is 5.69. The Hall–Kier alpha value is -1.45. The van der Waals surface area contributed by atoms with Crippen molar-refractivity contribution in [2.24, 2.45) is 5.73 Å². The van der Waals surface area contributed by atoms with Crippen molar-refractivity contribution in [1.82, 2.24) is 4.90 Å². The monoisotopic (exact) mass is 272 g/mol. The van der Waals surface area contributed by atoms with Crippen LogP contribution in [-0.4, -0.2) is 22.5 Å². The molecule has 2 rings (SSSR count). The van der Waals surface area contributed by atoms with Gasteiger partial charge in [0.05, 0.1) is 4.99 Å². The summed E-state index contributed by atoms with van der Waals surface area (Å²) in [6.45, 7) is 5.87. The SMILES string of the molecule is CC(C)N(CC(N)=S)Cc1cccc2ccccc12. The molecule has 0 amide bonds. The van der Waals surface area contributed by atoms with Gasteiger partial charge < -0.3 is 5.73 Å². The van der Waals surface area contributed by atoms with Crippen molar-refractivity contribution < 1.29 is 0 Å². The predicted octanol–water partition coefficient (Wildman–Crippen LogP) is 3.34. The number of hydrogen-bond acceptors (Lipinski definition) is 2. The van der Waals surface area contributed by atoms with E-state index in [0.717, 1.165) is 6.54 Å². The highest BCUT2D eigenvalue weighted by atomic mass is 32.1. The molecule has 0 aliphatic rings. The predicted molar refractivity (Wildman–Crippen MR) is 86.3 cm³/mol. The van der Waals surface area contributed by atoms with Crippen molar-refractivity contribution in [3.8, 4) is 0 Å². The Morgan fingerprint density at radius 3 is 2.53 bits per heavy atom. The molecule has 19 heavy (non-hydrogen) atoms. The largest absolute Gasteiger partial charge is 0.392 e. The number of nitrogens with two attached hydrogens (primary N) is 1. The lowest BCUT2D eigenvalue weighted by molar-refractivity contribution is 0.246. The lowest BCUT2D eigenvalue weighted by atomic mass is 10.0. The maximum Gasteiger partial charge on any atom is 0.0870 e. The zero-order valence-electron chi connectivity index (χ0n) is 11.5. The molecule has 2 N–H and O–H groups in total. The summed E-state index contributed by atoms with van der Waals surface area (Å²) in [6.07, 6.45) is 0. The molecule has 0 aliphatic heterocycles. The number of hydrogen-bond donors (Lipinski definition) is 1. The van der Waals surface area contributed by atoms with Crippen LogP contribution in [0.2, 0.25) is 0 Å². The molecular weight excluding hydrogens is 252 g/mol. The maximum absolute atomic E-state index is 5.69. The molecule has 2 aromatic rings. The average molecular weight is 272 g/mol. The van der Waals surface area contributed by atoms with Crippen molar-refractivity contribution in [3.63, 3.8) is 0 Å². The molecule has 0 saturated carbocycles. The van der Waals surface area contributed by atoms with E-state index in [1.54, 1.807) is 0 Å². The van der Waals surface area contributed by atoms with Gasteiger partial charge in [-0.25, -0.2) is 0 Å². The van der Waals surface area contributed by atoms with Gasteiger partial charge in [-0.2, -0.15) is 0 Å². The van der Waals surface area contributed by atoms with E-state index in [9.17, 15) is 0 Å². The molecule has 0 atom stereocenters. The highest BCUT2D eigenvalue weighted by molar-refractivity contribution is 7.80. The number of thiocarbonyl (C=S) groups is 1. The Kier molecular flexibility index (Phi) is 4.51. The molecule has 100 valence electrons. The first-order valence-electron chi connectivity index (χ1n) is 6.57. The fourth-order valence-electron chi connectivity index (χ4n) is 2.27. The Balaban J connectivity index is 2.31. The first-order chi connectivity index (χ1) is 9.08. The topological polar surface area (TPSA) is 29.3 Å². The van der Waals surface area contributed by atoms with Crippen LogP contribution in [0, 0.1) is 0 Å². The molecule has 0 saturated heterocycles. The smallest absolute Gasteiger partial charge is 0.0870 e. The Bertz CT molecular complexity index is 572. The second kappa shape index (κ2) is 6.13. The molecule has 3 heteroatoms. The van der Waals surface area contributed by atoms with Gasteiger partial charge in [0.2, 0.25) is 0 Å². The standard InChI is InChI=1S/C16H20N2S/c1-12(2)18(11-16(17)19)10-14-8-5-7-13-6-3-4-9-15(13)14/h3-9,12H,10-11H2,1-2H3,(H2,17,19). The summed E-state index contributed by atoms with van der Waals surface area (Å²) < 4.78 is 0. The van der Waals surface area contributed by atoms with E-state index in [1.807, 2.05) is 0 Å². The molecule has 0 aliphatic carbocycles. The second-order valence-corrected chi connectivity index (χ2v) is 5.63. The Morgan fingerprint density at radius 2 is 1.84 bits per heavy atom. The van der Waals surface area contributed by atoms with Crippen molar-refractivity contribution in [2.75, 3.05) is 6.54 Å². The molecule has 0 unspecified atom stereocenters. The highest BCUT2D eigenvalue weighted by Gasteiger charge is 2.12. The van der Waals surface area contributed by atoms with Gasteiger partial charge in [-0.15, -0.1) is 0 Å². The van der Waals surface area contributed by atoms with Crippen LogP contribution in [0.4, 0.5) is 0 Å². The van der Waals surface area contributed by atoms with E-state index in [0.29, 0.717) is 17.6 Å². The molecule has 0 heterocycles. The minimum absolute atomic E-state index is 0.417. The van der Waals surface area contributed by atoms with Crippen LogP contribution in [0.5, 0.6) is 0 Å². The van der Waals surface area contributed by atoms with Crippen LogP contribution in [0.15, 0.2) is 42.5 Å². The minimum atomic E-state index is 0.417. The zero-order chi connectivity index (χ0) is 13.8. The number of rotatable bonds is 5. The number of nitrogens with zero attached hydrogens (tertiary/aromatic N) is 1. The Morgan fingerprint density at radius 1 is 1.16 bits per heavy atom. The molecular formula is C16H20N2S. The molecule has 0 bridgehead atoms. The van der Waals surface area contributed by atoms with Crippen molar-refractivity contribution >= 4 is 28.0 Å². The number of benzene rings is 2. The summed E-state index contributed by atoms with van der Waals surface area (Å²) in [5.41, 5.74) is 7.01. The summed E-state index contributed by atoms with van der Waals surface area (Å²) >= 11 is 5.04. The third-order valence-corrected chi connectivity index (χ3v) is 3.47. The summed E-state index contributed by atoms with van der Waals surface area (Å²) in [6, 6.07) is 15.3. The van der Waals surface area contributed by atoms with E-state index in [-0.39, 0.29) is 0 Å². The van der Waals surface area contributed by atoms with E-state index in [4.69, 9.17) is 18.0 Å². The third-order valence-electron chi connectivity index (χ3n) is 3.34. The second-order valence-electron chi connectivity index (χ2n) is 5.10. The van der Waals surface area contributed by atoms with Gasteiger partial charge in [-0.05, 0) is 30.2 Å². The summed E-state index contributed by atoms with van der Waals surface area (Å²) in [4.78, 5) is 2.85. The van der Waals surface area contributed by atoms with Crippen LogP contribution >= 0.6 is 12.2 Å². The molecule has 0 radical (unpaired) electrons. The molecule has 2 nitrogen and oxygen atoms in total. The van der Waals surface area contributed by atoms with Crippen LogP contribution in [0.25, 0.3) is 10.8 Å². The quantitative estimate of drug-likeness (QED) is 0.847. The van der Waals surface area contributed by atoms with Crippen molar-refractivity contribution in [2.45, 2.75) is 26.4 Å². The molecule has 2 aromatic carbocycles. The van der Waals surface area contributed by atoms with Gasteiger partial charge in [0.1, 0.15) is 0 Å². The zero-order valence-corrected chi connectivity index (χ0v) is 12.3. The summed E-state index contributed by atoms with van der Waals surface area (Å²) in [5, 5.41) is 2.58. The van der Waals surface area contributed by atoms with Crippen LogP contribution in [-0.2, 0) is 6.54 Å². The van der Waals surface area contributed by atoms with Gasteiger partial charge in [-0.3, -0.25) is 4.90 Å². The van der Waals surface area contributed by atoms with Crippen molar-refractivity contribution in [3.05, 3.63) is 48.0 Å². The number of fused-ring (bicyclic) bond motifs is 1. The van der Waals surface area contributed by atoms with Crippen LogP contribution in [0.1, 0.15) is 19.4 Å². The fraction of sp³-hybridized carbons (Fsp3) is 0.312. The minimum Gasteiger partial charge on any atom is -0.392 e. The normalized spacial score (nSPS) is 11.4. The van der Waals surface area contributed by atoms with Crippen LogP contribution < -0.4 is 5.73 Å². The van der Waals surface area contributed by atoms with E-state index >= 15 is 0 Å². The van der Waals surface area contributed by atoms with Gasteiger partial charge in [0.25, 0.3) is 0 Å². The van der Waals surface area contributed by atoms with Gasteiger partial charge >= 0.3 is 0 Å². The highest BCUT2D eigenvalue weighted by Crippen LogP contribution is 2.20. The summed E-state index contributed by atoms with van der Waals surface area (Å²) in [7, 11) is 0. The van der Waals surface area contributed by atoms with E-state index in [1.165, 1.54) is 16.3 Å². The van der Waals surface area contributed by atoms with Crippen LogP contribution in [0.3, 0.4) is 0 Å². The van der Waals surface area contributed by atoms with Gasteiger partial charge in [0, 0.05) is 19.1 Å². The lowest BCUT2D eigenvalue weighted by Gasteiger charge is -2.26. The average Bonchev–Trinajstić information content (AvgIpc) is 2.37. The molecule has 0 fully saturated rings. The molecule has 0 spiro atoms. The lowest BCUT2D eigenvalue weighted by Crippen LogP contribution is -2.37. The van der Waals surface area contributed by atoms with Gasteiger partial charge in [0.15, 0.2) is 0 Å². The van der Waals surface area contributed by atoms with E-state index < -0.39 is 0 Å². The first kappa shape index (κ1) is 14.0. The molecule has 0 aromatic heterocycles. The Labute approximate surface area is 120 Å². The van der Waals surface area contributed by atoms with Crippen molar-refractivity contribution in [1.29, 1.82) is 0 Å². The summed E-state index contributed by atoms with van der Waals surface area (Å²) in [5.74, 6) is 0.